The van der Waals surface area contributed by atoms with Crippen LogP contribution < -0.4 is 0 Å². The fourth-order valence-corrected chi connectivity index (χ4v) is 6.68. The molecule has 1 aromatic carbocycles. The molecule has 0 aliphatic heterocycles. The summed E-state index contributed by atoms with van der Waals surface area (Å²) in [5, 5.41) is 0. The van der Waals surface area contributed by atoms with E-state index in [-0.39, 0.29) is 5.82 Å². The van der Waals surface area contributed by atoms with Crippen molar-refractivity contribution in [3.8, 4) is 0 Å². The molecule has 28 heavy (non-hydrogen) atoms. The molecule has 0 saturated heterocycles. The topological polar surface area (TPSA) is 0 Å². The minimum absolute atomic E-state index is 0.0329. The maximum atomic E-state index is 14.6. The van der Waals surface area contributed by atoms with Gasteiger partial charge in [-0.25, -0.2) is 4.39 Å². The molecule has 4 rings (SSSR count). The van der Waals surface area contributed by atoms with E-state index in [1.165, 1.54) is 68.9 Å². The first-order valence-electron chi connectivity index (χ1n) is 12.1. The van der Waals surface area contributed by atoms with Gasteiger partial charge in [-0.15, -0.1) is 0 Å². The van der Waals surface area contributed by atoms with Gasteiger partial charge in [0.25, 0.3) is 0 Å². The molecule has 0 spiro atoms. The molecule has 3 aliphatic carbocycles. The number of hydrogen-bond acceptors (Lipinski definition) is 0. The van der Waals surface area contributed by atoms with E-state index in [4.69, 9.17) is 0 Å². The van der Waals surface area contributed by atoms with Crippen molar-refractivity contribution < 1.29 is 4.39 Å². The average Bonchev–Trinajstić information content (AvgIpc) is 2.73. The summed E-state index contributed by atoms with van der Waals surface area (Å²) in [5.41, 5.74) is 3.68. The van der Waals surface area contributed by atoms with Crippen LogP contribution in [-0.4, -0.2) is 0 Å². The van der Waals surface area contributed by atoms with Crippen LogP contribution in [0.3, 0.4) is 0 Å². The number of halogens is 1. The van der Waals surface area contributed by atoms with E-state index in [1.54, 1.807) is 0 Å². The molecule has 2 saturated carbocycles. The Morgan fingerprint density at radius 1 is 0.929 bits per heavy atom. The number of aryl methyl sites for hydroxylation is 2. The van der Waals surface area contributed by atoms with E-state index in [2.05, 4.69) is 25.1 Å². The number of allylic oxidation sites excluding steroid dienone is 2. The highest BCUT2D eigenvalue weighted by Gasteiger charge is 2.38. The van der Waals surface area contributed by atoms with Crippen LogP contribution in [0.2, 0.25) is 0 Å². The van der Waals surface area contributed by atoms with Crippen LogP contribution in [0.4, 0.5) is 4.39 Å². The number of hydrogen-bond donors (Lipinski definition) is 0. The Hall–Kier alpha value is -1.11. The van der Waals surface area contributed by atoms with Gasteiger partial charge in [0.2, 0.25) is 0 Å². The number of rotatable bonds is 5. The Morgan fingerprint density at radius 3 is 2.46 bits per heavy atom. The Morgan fingerprint density at radius 2 is 1.68 bits per heavy atom. The third kappa shape index (κ3) is 4.39. The largest absolute Gasteiger partial charge is 0.207 e. The van der Waals surface area contributed by atoms with E-state index in [0.29, 0.717) is 0 Å². The normalized spacial score (nSPS) is 32.9. The molecule has 0 aromatic heterocycles. The molecule has 5 unspecified atom stereocenters. The molecule has 1 aromatic rings. The lowest BCUT2D eigenvalue weighted by Crippen LogP contribution is -2.35. The van der Waals surface area contributed by atoms with Gasteiger partial charge in [-0.2, -0.15) is 0 Å². The molecule has 5 atom stereocenters. The minimum atomic E-state index is 0.0329. The predicted molar refractivity (Wildman–Crippen MR) is 117 cm³/mol. The zero-order valence-electron chi connectivity index (χ0n) is 18.1. The molecule has 0 amide bonds. The fourth-order valence-electron chi connectivity index (χ4n) is 6.68. The van der Waals surface area contributed by atoms with Crippen LogP contribution >= 0.6 is 0 Å². The lowest BCUT2D eigenvalue weighted by Gasteiger charge is -2.45. The highest BCUT2D eigenvalue weighted by atomic mass is 19.1. The fraction of sp³-hybridized carbons (Fsp3) is 0.704. The van der Waals surface area contributed by atoms with E-state index < -0.39 is 0 Å². The van der Waals surface area contributed by atoms with Gasteiger partial charge in [-0.05, 0) is 123 Å². The number of benzene rings is 1. The van der Waals surface area contributed by atoms with Crippen molar-refractivity contribution in [1.29, 1.82) is 0 Å². The molecule has 1 heteroatoms. The second-order valence-electron chi connectivity index (χ2n) is 10.0. The smallest absolute Gasteiger partial charge is 0.126 e. The van der Waals surface area contributed by atoms with Gasteiger partial charge in [-0.3, -0.25) is 0 Å². The van der Waals surface area contributed by atoms with Crippen molar-refractivity contribution in [3.05, 3.63) is 46.8 Å². The summed E-state index contributed by atoms with van der Waals surface area (Å²) in [7, 11) is 0. The van der Waals surface area contributed by atoms with Crippen LogP contribution in [0.5, 0.6) is 0 Å². The molecular formula is C27H39F. The summed E-state index contributed by atoms with van der Waals surface area (Å²) in [4.78, 5) is 0. The SMILES string of the molecule is C/C=C/CCc1cc2c(cc1F)CC(C1CCC3CC(CC)CCC3C1)CC2. The van der Waals surface area contributed by atoms with Crippen molar-refractivity contribution >= 4 is 0 Å². The second kappa shape index (κ2) is 9.14. The Balaban J connectivity index is 1.38. The van der Waals surface area contributed by atoms with Gasteiger partial charge >= 0.3 is 0 Å². The van der Waals surface area contributed by atoms with Crippen molar-refractivity contribution in [2.24, 2.45) is 29.6 Å². The highest BCUT2D eigenvalue weighted by Crippen LogP contribution is 2.48. The van der Waals surface area contributed by atoms with Crippen molar-refractivity contribution in [2.75, 3.05) is 0 Å². The Bertz CT molecular complexity index is 688. The molecule has 0 N–H and O–H groups in total. The third-order valence-electron chi connectivity index (χ3n) is 8.46. The predicted octanol–water partition coefficient (Wildman–Crippen LogP) is 7.68. The molecule has 154 valence electrons. The second-order valence-corrected chi connectivity index (χ2v) is 10.0. The van der Waals surface area contributed by atoms with E-state index in [9.17, 15) is 4.39 Å². The highest BCUT2D eigenvalue weighted by molar-refractivity contribution is 5.35. The maximum Gasteiger partial charge on any atom is 0.126 e. The first kappa shape index (κ1) is 20.2. The molecule has 3 aliphatic rings. The Kier molecular flexibility index (Phi) is 6.59. The van der Waals surface area contributed by atoms with Crippen molar-refractivity contribution in [2.45, 2.75) is 90.9 Å². The summed E-state index contributed by atoms with van der Waals surface area (Å²) in [5.74, 6) is 4.74. The third-order valence-corrected chi connectivity index (χ3v) is 8.46. The van der Waals surface area contributed by atoms with Crippen molar-refractivity contribution in [1.82, 2.24) is 0 Å². The van der Waals surface area contributed by atoms with Crippen molar-refractivity contribution in [3.63, 3.8) is 0 Å². The summed E-state index contributed by atoms with van der Waals surface area (Å²) >= 11 is 0. The monoisotopic (exact) mass is 382 g/mol. The van der Waals surface area contributed by atoms with E-state index >= 15 is 0 Å². The molecule has 0 nitrogen and oxygen atoms in total. The first-order chi connectivity index (χ1) is 13.7. The Labute approximate surface area is 172 Å². The summed E-state index contributed by atoms with van der Waals surface area (Å²) in [6.45, 7) is 4.41. The van der Waals surface area contributed by atoms with Gasteiger partial charge in [0.15, 0.2) is 0 Å². The quantitative estimate of drug-likeness (QED) is 0.458. The van der Waals surface area contributed by atoms with Gasteiger partial charge in [-0.1, -0.05) is 38.0 Å². The lowest BCUT2D eigenvalue weighted by molar-refractivity contribution is 0.0708. The van der Waals surface area contributed by atoms with Crippen LogP contribution in [0.15, 0.2) is 24.3 Å². The van der Waals surface area contributed by atoms with E-state index in [0.717, 1.165) is 54.4 Å². The van der Waals surface area contributed by atoms with Crippen LogP contribution in [0, 0.1) is 35.4 Å². The zero-order chi connectivity index (χ0) is 19.5. The van der Waals surface area contributed by atoms with Crippen LogP contribution in [0.25, 0.3) is 0 Å². The molecular weight excluding hydrogens is 343 g/mol. The van der Waals surface area contributed by atoms with Gasteiger partial charge in [0, 0.05) is 0 Å². The first-order valence-corrected chi connectivity index (χ1v) is 12.1. The van der Waals surface area contributed by atoms with Gasteiger partial charge in [0.05, 0.1) is 0 Å². The number of fused-ring (bicyclic) bond motifs is 2. The maximum absolute atomic E-state index is 14.6. The van der Waals surface area contributed by atoms with Crippen LogP contribution in [-0.2, 0) is 19.3 Å². The summed E-state index contributed by atoms with van der Waals surface area (Å²) in [6, 6.07) is 4.08. The average molecular weight is 383 g/mol. The lowest BCUT2D eigenvalue weighted by atomic mass is 9.61. The molecule has 0 heterocycles. The van der Waals surface area contributed by atoms with Crippen LogP contribution in [0.1, 0.15) is 88.3 Å². The molecule has 0 radical (unpaired) electrons. The standard InChI is InChI=1S/C27H39F/c1-3-5-6-7-25-16-24-13-12-23(17-26(24)18-27(25)28)22-11-10-20-14-19(4-2)8-9-21(20)15-22/h3,5,16,18-23H,4,6-15,17H2,1-2H3/b5-3+. The zero-order valence-corrected chi connectivity index (χ0v) is 18.1. The van der Waals surface area contributed by atoms with Gasteiger partial charge < -0.3 is 0 Å². The minimum Gasteiger partial charge on any atom is -0.207 e. The molecule has 0 bridgehead atoms. The molecule has 2 fully saturated rings. The van der Waals surface area contributed by atoms with Gasteiger partial charge in [0.1, 0.15) is 5.82 Å². The summed E-state index contributed by atoms with van der Waals surface area (Å²) < 4.78 is 14.6. The van der Waals surface area contributed by atoms with E-state index in [1.807, 2.05) is 13.0 Å². The summed E-state index contributed by atoms with van der Waals surface area (Å²) in [6.07, 6.45) is 19.8.